The van der Waals surface area contributed by atoms with Gasteiger partial charge in [0.15, 0.2) is 17.3 Å². The first-order valence-electron chi connectivity index (χ1n) is 8.19. The van der Waals surface area contributed by atoms with E-state index < -0.39 is 40.9 Å². The highest BCUT2D eigenvalue weighted by atomic mass is 16.6. The van der Waals surface area contributed by atoms with Crippen molar-refractivity contribution in [3.05, 3.63) is 53.1 Å². The Labute approximate surface area is 160 Å². The normalized spacial score (nSPS) is 10.1. The number of carbonyl (C=O) groups excluding carboxylic acids is 4. The van der Waals surface area contributed by atoms with Crippen molar-refractivity contribution in [1.29, 1.82) is 0 Å². The summed E-state index contributed by atoms with van der Waals surface area (Å²) in [4.78, 5) is 47.5. The number of hydrogen-bond acceptors (Lipinski definition) is 8. The molecular weight excluding hydrogens is 368 g/mol. The predicted octanol–water partition coefficient (Wildman–Crippen LogP) is 2.80. The standard InChI is InChI=1S/C20H18O8/c1-11(21)17-15(20(25)26-10-14-7-5-4-6-8-14)9-16(24)18(27-12(2)22)19(17)28-13(3)23/h4-9,24H,10H2,1-3H3. The third-order valence-electron chi connectivity index (χ3n) is 3.49. The zero-order valence-electron chi connectivity index (χ0n) is 15.5. The quantitative estimate of drug-likeness (QED) is 0.458. The molecule has 0 saturated carbocycles. The van der Waals surface area contributed by atoms with Gasteiger partial charge in [0, 0.05) is 13.8 Å². The van der Waals surface area contributed by atoms with Crippen molar-refractivity contribution in [2.24, 2.45) is 0 Å². The Balaban J connectivity index is 2.51. The van der Waals surface area contributed by atoms with E-state index in [-0.39, 0.29) is 17.7 Å². The molecular formula is C20H18O8. The number of rotatable bonds is 6. The van der Waals surface area contributed by atoms with Crippen molar-refractivity contribution in [3.8, 4) is 17.2 Å². The van der Waals surface area contributed by atoms with E-state index in [2.05, 4.69) is 0 Å². The van der Waals surface area contributed by atoms with Gasteiger partial charge in [-0.25, -0.2) is 4.79 Å². The van der Waals surface area contributed by atoms with Crippen LogP contribution in [0.1, 0.15) is 47.1 Å². The number of Topliss-reactive ketones (excluding diaryl/α,β-unsaturated/α-hetero) is 1. The lowest BCUT2D eigenvalue weighted by molar-refractivity contribution is -0.134. The molecule has 28 heavy (non-hydrogen) atoms. The number of esters is 3. The van der Waals surface area contributed by atoms with Crippen molar-refractivity contribution in [2.75, 3.05) is 0 Å². The zero-order valence-corrected chi connectivity index (χ0v) is 15.5. The second-order valence-corrected chi connectivity index (χ2v) is 5.78. The number of phenols is 1. The van der Waals surface area contributed by atoms with Crippen LogP contribution in [0.4, 0.5) is 0 Å². The van der Waals surface area contributed by atoms with Gasteiger partial charge in [0.05, 0.1) is 11.1 Å². The molecule has 0 radical (unpaired) electrons. The molecule has 146 valence electrons. The lowest BCUT2D eigenvalue weighted by Gasteiger charge is -2.16. The zero-order chi connectivity index (χ0) is 20.8. The molecule has 8 nitrogen and oxygen atoms in total. The van der Waals surface area contributed by atoms with E-state index in [9.17, 15) is 24.3 Å². The molecule has 0 unspecified atom stereocenters. The van der Waals surface area contributed by atoms with Gasteiger partial charge in [0.25, 0.3) is 0 Å². The summed E-state index contributed by atoms with van der Waals surface area (Å²) in [5.74, 6) is -4.97. The van der Waals surface area contributed by atoms with Crippen molar-refractivity contribution in [3.63, 3.8) is 0 Å². The molecule has 0 heterocycles. The van der Waals surface area contributed by atoms with Crippen LogP contribution >= 0.6 is 0 Å². The molecule has 0 aliphatic rings. The minimum atomic E-state index is -0.924. The lowest BCUT2D eigenvalue weighted by atomic mass is 10.0. The van der Waals surface area contributed by atoms with Crippen molar-refractivity contribution in [1.82, 2.24) is 0 Å². The second kappa shape index (κ2) is 8.81. The van der Waals surface area contributed by atoms with Crippen molar-refractivity contribution < 1.29 is 38.5 Å². The maximum atomic E-state index is 12.5. The number of ketones is 1. The van der Waals surface area contributed by atoms with Crippen LogP contribution in [0.5, 0.6) is 17.2 Å². The van der Waals surface area contributed by atoms with Crippen LogP contribution in [0.2, 0.25) is 0 Å². The van der Waals surface area contributed by atoms with Crippen LogP contribution in [0, 0.1) is 0 Å². The average Bonchev–Trinajstić information content (AvgIpc) is 2.62. The van der Waals surface area contributed by atoms with Gasteiger partial charge in [0.2, 0.25) is 5.75 Å². The van der Waals surface area contributed by atoms with Crippen LogP contribution < -0.4 is 9.47 Å². The third kappa shape index (κ3) is 4.94. The summed E-state index contributed by atoms with van der Waals surface area (Å²) >= 11 is 0. The lowest BCUT2D eigenvalue weighted by Crippen LogP contribution is -2.16. The Hall–Kier alpha value is -3.68. The predicted molar refractivity (Wildman–Crippen MR) is 96.3 cm³/mol. The van der Waals surface area contributed by atoms with Crippen molar-refractivity contribution >= 4 is 23.7 Å². The molecule has 0 fully saturated rings. The molecule has 0 saturated heterocycles. The molecule has 0 atom stereocenters. The van der Waals surface area contributed by atoms with Crippen LogP contribution in [0.25, 0.3) is 0 Å². The van der Waals surface area contributed by atoms with Gasteiger partial charge < -0.3 is 19.3 Å². The largest absolute Gasteiger partial charge is 0.504 e. The van der Waals surface area contributed by atoms with E-state index >= 15 is 0 Å². The van der Waals surface area contributed by atoms with Crippen LogP contribution in [0.3, 0.4) is 0 Å². The van der Waals surface area contributed by atoms with Gasteiger partial charge in [-0.1, -0.05) is 30.3 Å². The minimum absolute atomic E-state index is 0.0770. The van der Waals surface area contributed by atoms with Crippen LogP contribution in [0.15, 0.2) is 36.4 Å². The molecule has 0 amide bonds. The van der Waals surface area contributed by atoms with Gasteiger partial charge >= 0.3 is 17.9 Å². The summed E-state index contributed by atoms with van der Waals surface area (Å²) in [6.07, 6.45) is 0. The Morgan fingerprint density at radius 1 is 0.893 bits per heavy atom. The molecule has 2 rings (SSSR count). The van der Waals surface area contributed by atoms with E-state index in [1.165, 1.54) is 0 Å². The Morgan fingerprint density at radius 2 is 1.46 bits per heavy atom. The highest BCUT2D eigenvalue weighted by molar-refractivity contribution is 6.09. The number of ether oxygens (including phenoxy) is 3. The van der Waals surface area contributed by atoms with Gasteiger partial charge in [-0.05, 0) is 18.6 Å². The summed E-state index contributed by atoms with van der Waals surface area (Å²) in [5.41, 5.74) is 0.0385. The van der Waals surface area contributed by atoms with E-state index in [0.717, 1.165) is 26.8 Å². The monoisotopic (exact) mass is 386 g/mol. The maximum Gasteiger partial charge on any atom is 0.339 e. The van der Waals surface area contributed by atoms with E-state index in [1.54, 1.807) is 30.3 Å². The molecule has 1 N–H and O–H groups in total. The molecule has 0 spiro atoms. The molecule has 2 aromatic carbocycles. The third-order valence-corrected chi connectivity index (χ3v) is 3.49. The summed E-state index contributed by atoms with van der Waals surface area (Å²) < 4.78 is 15.0. The molecule has 0 aromatic heterocycles. The summed E-state index contributed by atoms with van der Waals surface area (Å²) in [7, 11) is 0. The molecule has 2 aromatic rings. The number of benzene rings is 2. The fraction of sp³-hybridized carbons (Fsp3) is 0.200. The van der Waals surface area contributed by atoms with Crippen LogP contribution in [-0.4, -0.2) is 28.8 Å². The summed E-state index contributed by atoms with van der Waals surface area (Å²) in [5, 5.41) is 10.2. The number of phenolic OH excluding ortho intramolecular Hbond substituents is 1. The molecule has 8 heteroatoms. The van der Waals surface area contributed by atoms with E-state index in [0.29, 0.717) is 5.56 Å². The van der Waals surface area contributed by atoms with E-state index in [1.807, 2.05) is 0 Å². The van der Waals surface area contributed by atoms with Gasteiger partial charge in [-0.15, -0.1) is 0 Å². The van der Waals surface area contributed by atoms with E-state index in [4.69, 9.17) is 14.2 Å². The molecule has 0 bridgehead atoms. The minimum Gasteiger partial charge on any atom is -0.504 e. The number of carbonyl (C=O) groups is 4. The van der Waals surface area contributed by atoms with Gasteiger partial charge in [-0.2, -0.15) is 0 Å². The highest BCUT2D eigenvalue weighted by Crippen LogP contribution is 2.42. The second-order valence-electron chi connectivity index (χ2n) is 5.78. The average molecular weight is 386 g/mol. The summed E-state index contributed by atoms with van der Waals surface area (Å²) in [6, 6.07) is 9.74. The Morgan fingerprint density at radius 3 is 2.00 bits per heavy atom. The Bertz CT molecular complexity index is 931. The molecule has 0 aliphatic heterocycles. The summed E-state index contributed by atoms with van der Waals surface area (Å²) in [6.45, 7) is 3.17. The maximum absolute atomic E-state index is 12.5. The van der Waals surface area contributed by atoms with Crippen molar-refractivity contribution in [2.45, 2.75) is 27.4 Å². The first-order chi connectivity index (χ1) is 13.2. The highest BCUT2D eigenvalue weighted by Gasteiger charge is 2.29. The smallest absolute Gasteiger partial charge is 0.339 e. The number of aromatic hydroxyl groups is 1. The fourth-order valence-electron chi connectivity index (χ4n) is 2.42. The first-order valence-corrected chi connectivity index (χ1v) is 8.19. The topological polar surface area (TPSA) is 116 Å². The van der Waals surface area contributed by atoms with Gasteiger partial charge in [0.1, 0.15) is 6.61 Å². The number of hydrogen-bond donors (Lipinski definition) is 1. The first kappa shape index (κ1) is 20.6. The van der Waals surface area contributed by atoms with Crippen LogP contribution in [-0.2, 0) is 20.9 Å². The van der Waals surface area contributed by atoms with Gasteiger partial charge in [-0.3, -0.25) is 14.4 Å². The SMILES string of the molecule is CC(=O)Oc1c(O)cc(C(=O)OCc2ccccc2)c(C(C)=O)c1OC(C)=O. The molecule has 0 aliphatic carbocycles. The Kier molecular flexibility index (Phi) is 6.49. The fourth-order valence-corrected chi connectivity index (χ4v) is 2.42.